The van der Waals surface area contributed by atoms with Gasteiger partial charge in [0, 0.05) is 36.7 Å². The van der Waals surface area contributed by atoms with Crippen LogP contribution in [0.15, 0.2) is 35.2 Å². The number of nitrogens with zero attached hydrogens (tertiary/aromatic N) is 2. The SMILES string of the molecule is O=C(O)C1CCC2=C3C=C([N+](=O)[O-])C=CC3CCC(=O)N2C1. The van der Waals surface area contributed by atoms with Gasteiger partial charge in [-0.15, -0.1) is 0 Å². The molecule has 0 bridgehead atoms. The Hall–Kier alpha value is -2.44. The molecule has 0 aromatic rings. The van der Waals surface area contributed by atoms with Gasteiger partial charge in [-0.1, -0.05) is 6.08 Å². The Bertz CT molecular complexity index is 646. The molecule has 2 heterocycles. The fourth-order valence-corrected chi connectivity index (χ4v) is 3.33. The first-order valence-corrected chi connectivity index (χ1v) is 7.28. The minimum atomic E-state index is -0.900. The van der Waals surface area contributed by atoms with Gasteiger partial charge < -0.3 is 10.0 Å². The number of piperidine rings is 1. The fourth-order valence-electron chi connectivity index (χ4n) is 3.33. The predicted molar refractivity (Wildman–Crippen MR) is 76.0 cm³/mol. The Morgan fingerprint density at radius 2 is 2.14 bits per heavy atom. The lowest BCUT2D eigenvalue weighted by molar-refractivity contribution is -0.419. The second-order valence-corrected chi connectivity index (χ2v) is 5.81. The summed E-state index contributed by atoms with van der Waals surface area (Å²) in [5, 5.41) is 20.2. The van der Waals surface area contributed by atoms with Crippen molar-refractivity contribution in [1.29, 1.82) is 0 Å². The number of allylic oxidation sites excluding steroid dienone is 5. The maximum absolute atomic E-state index is 12.3. The number of hydrogen-bond acceptors (Lipinski definition) is 4. The molecule has 0 radical (unpaired) electrons. The summed E-state index contributed by atoms with van der Waals surface area (Å²) in [6, 6.07) is 0. The van der Waals surface area contributed by atoms with Gasteiger partial charge in [0.05, 0.1) is 10.8 Å². The number of hydrogen-bond donors (Lipinski definition) is 1. The molecule has 1 N–H and O–H groups in total. The quantitative estimate of drug-likeness (QED) is 0.618. The molecule has 1 saturated heterocycles. The number of aliphatic carboxylic acids is 1. The van der Waals surface area contributed by atoms with Crippen LogP contribution in [0.3, 0.4) is 0 Å². The zero-order valence-corrected chi connectivity index (χ0v) is 11.9. The largest absolute Gasteiger partial charge is 0.481 e. The predicted octanol–water partition coefficient (Wildman–Crippen LogP) is 1.70. The van der Waals surface area contributed by atoms with E-state index in [0.717, 1.165) is 11.3 Å². The summed E-state index contributed by atoms with van der Waals surface area (Å²) >= 11 is 0. The molecule has 1 fully saturated rings. The molecule has 3 rings (SSSR count). The standard InChI is InChI=1S/C15H16N2O5/c18-14-6-3-9-1-4-11(17(21)22)7-12(9)13-5-2-10(15(19)20)8-16(13)14/h1,4,7,9-10H,2-3,5-6,8H2,(H,19,20). The smallest absolute Gasteiger partial charge is 0.308 e. The van der Waals surface area contributed by atoms with E-state index in [-0.39, 0.29) is 24.1 Å². The average Bonchev–Trinajstić information content (AvgIpc) is 2.64. The Morgan fingerprint density at radius 1 is 1.36 bits per heavy atom. The van der Waals surface area contributed by atoms with Gasteiger partial charge in [-0.2, -0.15) is 0 Å². The van der Waals surface area contributed by atoms with Gasteiger partial charge in [-0.25, -0.2) is 0 Å². The zero-order valence-electron chi connectivity index (χ0n) is 11.9. The molecule has 7 nitrogen and oxygen atoms in total. The van der Waals surface area contributed by atoms with E-state index in [1.54, 1.807) is 6.08 Å². The maximum Gasteiger partial charge on any atom is 0.308 e. The van der Waals surface area contributed by atoms with E-state index in [2.05, 4.69) is 0 Å². The lowest BCUT2D eigenvalue weighted by Crippen LogP contribution is -2.40. The molecule has 7 heteroatoms. The Balaban J connectivity index is 2.02. The molecule has 0 saturated carbocycles. The van der Waals surface area contributed by atoms with Crippen LogP contribution in [0.2, 0.25) is 0 Å². The minimum absolute atomic E-state index is 0.00553. The van der Waals surface area contributed by atoms with Gasteiger partial charge in [-0.3, -0.25) is 19.7 Å². The van der Waals surface area contributed by atoms with E-state index >= 15 is 0 Å². The van der Waals surface area contributed by atoms with E-state index < -0.39 is 16.8 Å². The highest BCUT2D eigenvalue weighted by molar-refractivity contribution is 5.81. The van der Waals surface area contributed by atoms with Gasteiger partial charge in [0.1, 0.15) is 0 Å². The molecule has 116 valence electrons. The van der Waals surface area contributed by atoms with Gasteiger partial charge in [0.2, 0.25) is 5.91 Å². The summed E-state index contributed by atoms with van der Waals surface area (Å²) in [5.74, 6) is -1.56. The van der Waals surface area contributed by atoms with Gasteiger partial charge in [0.15, 0.2) is 0 Å². The summed E-state index contributed by atoms with van der Waals surface area (Å²) in [6.45, 7) is 0.158. The molecule has 2 atom stereocenters. The van der Waals surface area contributed by atoms with Gasteiger partial charge in [0.25, 0.3) is 5.70 Å². The van der Waals surface area contributed by atoms with Crippen molar-refractivity contribution in [3.05, 3.63) is 45.3 Å². The van der Waals surface area contributed by atoms with Crippen LogP contribution in [0, 0.1) is 22.0 Å². The monoisotopic (exact) mass is 304 g/mol. The van der Waals surface area contributed by atoms with E-state index in [0.29, 0.717) is 25.7 Å². The lowest BCUT2D eigenvalue weighted by Gasteiger charge is -2.34. The van der Waals surface area contributed by atoms with Crippen LogP contribution in [-0.2, 0) is 9.59 Å². The Morgan fingerprint density at radius 3 is 2.82 bits per heavy atom. The topological polar surface area (TPSA) is 101 Å². The highest BCUT2D eigenvalue weighted by Crippen LogP contribution is 2.38. The highest BCUT2D eigenvalue weighted by atomic mass is 16.6. The van der Waals surface area contributed by atoms with Crippen molar-refractivity contribution in [3.63, 3.8) is 0 Å². The maximum atomic E-state index is 12.3. The number of carbonyl (C=O) groups is 2. The molecule has 22 heavy (non-hydrogen) atoms. The average molecular weight is 304 g/mol. The number of nitro groups is 1. The molecule has 3 aliphatic rings. The van der Waals surface area contributed by atoms with Crippen molar-refractivity contribution in [2.45, 2.75) is 25.7 Å². The summed E-state index contributed by atoms with van der Waals surface area (Å²) in [5.41, 5.74) is 1.56. The Kier molecular flexibility index (Phi) is 3.56. The van der Waals surface area contributed by atoms with Gasteiger partial charge >= 0.3 is 5.97 Å². The van der Waals surface area contributed by atoms with Gasteiger partial charge in [-0.05, 0) is 24.8 Å². The zero-order chi connectivity index (χ0) is 15.9. The van der Waals surface area contributed by atoms with E-state index in [1.165, 1.54) is 17.1 Å². The Labute approximate surface area is 126 Å². The molecule has 0 aromatic carbocycles. The normalized spacial score (nSPS) is 27.7. The first-order chi connectivity index (χ1) is 10.5. The van der Waals surface area contributed by atoms with Crippen LogP contribution < -0.4 is 0 Å². The molecular weight excluding hydrogens is 288 g/mol. The van der Waals surface area contributed by atoms with Crippen LogP contribution in [0.25, 0.3) is 0 Å². The van der Waals surface area contributed by atoms with E-state index in [9.17, 15) is 19.7 Å². The van der Waals surface area contributed by atoms with E-state index in [1.807, 2.05) is 0 Å². The molecule has 1 amide bonds. The first kappa shape index (κ1) is 14.5. The van der Waals surface area contributed by atoms with Crippen LogP contribution in [0.5, 0.6) is 0 Å². The van der Waals surface area contributed by atoms with Crippen molar-refractivity contribution < 1.29 is 19.6 Å². The molecule has 2 unspecified atom stereocenters. The van der Waals surface area contributed by atoms with Crippen molar-refractivity contribution in [3.8, 4) is 0 Å². The molecule has 2 aliphatic heterocycles. The number of fused-ring (bicyclic) bond motifs is 2. The van der Waals surface area contributed by atoms with Crippen LogP contribution in [-0.4, -0.2) is 33.4 Å². The summed E-state index contributed by atoms with van der Waals surface area (Å²) < 4.78 is 0. The third kappa shape index (κ3) is 2.43. The number of amides is 1. The molecule has 0 aromatic heterocycles. The van der Waals surface area contributed by atoms with E-state index in [4.69, 9.17) is 5.11 Å². The van der Waals surface area contributed by atoms with Crippen molar-refractivity contribution in [2.75, 3.05) is 6.54 Å². The third-order valence-electron chi connectivity index (χ3n) is 4.52. The third-order valence-corrected chi connectivity index (χ3v) is 4.52. The van der Waals surface area contributed by atoms with Crippen LogP contribution in [0.1, 0.15) is 25.7 Å². The van der Waals surface area contributed by atoms with Crippen LogP contribution in [0.4, 0.5) is 0 Å². The first-order valence-electron chi connectivity index (χ1n) is 7.28. The number of rotatable bonds is 2. The summed E-state index contributed by atoms with van der Waals surface area (Å²) in [6.07, 6.45) is 6.64. The van der Waals surface area contributed by atoms with Crippen LogP contribution >= 0.6 is 0 Å². The second kappa shape index (κ2) is 5.40. The minimum Gasteiger partial charge on any atom is -0.481 e. The lowest BCUT2D eigenvalue weighted by atomic mass is 9.86. The van der Waals surface area contributed by atoms with Crippen molar-refractivity contribution >= 4 is 11.9 Å². The molecular formula is C15H16N2O5. The van der Waals surface area contributed by atoms with Crippen molar-refractivity contribution in [1.82, 2.24) is 4.90 Å². The molecule has 0 spiro atoms. The second-order valence-electron chi connectivity index (χ2n) is 5.81. The fraction of sp³-hybridized carbons (Fsp3) is 0.467. The molecule has 1 aliphatic carbocycles. The summed E-state index contributed by atoms with van der Waals surface area (Å²) in [7, 11) is 0. The number of carbonyl (C=O) groups excluding carboxylic acids is 1. The highest BCUT2D eigenvalue weighted by Gasteiger charge is 2.37. The number of carboxylic acid groups (broad SMARTS) is 1. The summed E-state index contributed by atoms with van der Waals surface area (Å²) in [4.78, 5) is 35.5. The van der Waals surface area contributed by atoms with Crippen molar-refractivity contribution in [2.24, 2.45) is 11.8 Å². The number of carboxylic acids is 1.